The van der Waals surface area contributed by atoms with Crippen molar-refractivity contribution >= 4 is 11.9 Å². The molecule has 6 nitrogen and oxygen atoms in total. The molecule has 0 saturated carbocycles. The number of carboxylic acid groups (broad SMARTS) is 1. The largest absolute Gasteiger partial charge is 0.481 e. The Morgan fingerprint density at radius 3 is 2.81 bits per heavy atom. The second-order valence-electron chi connectivity index (χ2n) is 6.77. The van der Waals surface area contributed by atoms with Crippen molar-refractivity contribution in [2.45, 2.75) is 39.2 Å². The molecule has 6 heteroatoms. The zero-order chi connectivity index (χ0) is 15.6. The number of likely N-dealkylation sites (tertiary alicyclic amines) is 1. The number of carboxylic acids is 1. The normalized spacial score (nSPS) is 34.7. The second-order valence-corrected chi connectivity index (χ2v) is 6.77. The first-order valence-electron chi connectivity index (χ1n) is 7.69. The van der Waals surface area contributed by atoms with Crippen LogP contribution in [0.5, 0.6) is 0 Å². The first kappa shape index (κ1) is 16.2. The highest BCUT2D eigenvalue weighted by molar-refractivity contribution is 5.83. The van der Waals surface area contributed by atoms with Crippen molar-refractivity contribution < 1.29 is 19.4 Å². The van der Waals surface area contributed by atoms with Crippen LogP contribution in [0.2, 0.25) is 0 Å². The Morgan fingerprint density at radius 1 is 1.52 bits per heavy atom. The topological polar surface area (TPSA) is 92.9 Å². The molecule has 0 aromatic heterocycles. The van der Waals surface area contributed by atoms with Gasteiger partial charge in [-0.05, 0) is 31.6 Å². The fourth-order valence-corrected chi connectivity index (χ4v) is 3.37. The van der Waals surface area contributed by atoms with E-state index < -0.39 is 11.4 Å². The lowest BCUT2D eigenvalue weighted by molar-refractivity contribution is -0.144. The molecule has 21 heavy (non-hydrogen) atoms. The van der Waals surface area contributed by atoms with Crippen LogP contribution in [0, 0.1) is 17.3 Å². The Balaban J connectivity index is 2.00. The summed E-state index contributed by atoms with van der Waals surface area (Å²) in [6.45, 7) is 6.00. The molecule has 0 spiro atoms. The van der Waals surface area contributed by atoms with Crippen molar-refractivity contribution in [3.8, 4) is 0 Å². The number of hydrogen-bond donors (Lipinski definition) is 2. The monoisotopic (exact) mass is 298 g/mol. The quantitative estimate of drug-likeness (QED) is 0.797. The summed E-state index contributed by atoms with van der Waals surface area (Å²) in [6, 6.07) is -0.262. The van der Waals surface area contributed by atoms with Gasteiger partial charge in [-0.2, -0.15) is 0 Å². The van der Waals surface area contributed by atoms with E-state index in [0.29, 0.717) is 19.8 Å². The van der Waals surface area contributed by atoms with Crippen LogP contribution in [0.4, 0.5) is 0 Å². The van der Waals surface area contributed by atoms with E-state index in [4.69, 9.17) is 15.6 Å². The van der Waals surface area contributed by atoms with E-state index >= 15 is 0 Å². The van der Waals surface area contributed by atoms with Crippen LogP contribution in [0.25, 0.3) is 0 Å². The molecule has 0 radical (unpaired) electrons. The average Bonchev–Trinajstić information content (AvgIpc) is 2.78. The van der Waals surface area contributed by atoms with Gasteiger partial charge in [0, 0.05) is 25.6 Å². The number of aliphatic carboxylic acids is 1. The van der Waals surface area contributed by atoms with Gasteiger partial charge >= 0.3 is 5.97 Å². The van der Waals surface area contributed by atoms with E-state index in [2.05, 4.69) is 0 Å². The van der Waals surface area contributed by atoms with Gasteiger partial charge in [0.2, 0.25) is 5.91 Å². The Kier molecular flexibility index (Phi) is 4.88. The number of rotatable bonds is 4. The van der Waals surface area contributed by atoms with Gasteiger partial charge in [-0.15, -0.1) is 0 Å². The van der Waals surface area contributed by atoms with Crippen molar-refractivity contribution in [2.75, 3.05) is 26.3 Å². The third kappa shape index (κ3) is 3.37. The van der Waals surface area contributed by atoms with Crippen LogP contribution in [0.3, 0.4) is 0 Å². The summed E-state index contributed by atoms with van der Waals surface area (Å²) in [5.41, 5.74) is 5.39. The smallest absolute Gasteiger partial charge is 0.303 e. The summed E-state index contributed by atoms with van der Waals surface area (Å²) in [7, 11) is 0. The second kappa shape index (κ2) is 6.32. The summed E-state index contributed by atoms with van der Waals surface area (Å²) in [5, 5.41) is 8.92. The Morgan fingerprint density at radius 2 is 2.24 bits per heavy atom. The number of amides is 1. The lowest BCUT2D eigenvalue weighted by Crippen LogP contribution is -2.54. The Hall–Kier alpha value is -1.14. The van der Waals surface area contributed by atoms with Crippen LogP contribution in [0.1, 0.15) is 33.1 Å². The van der Waals surface area contributed by atoms with E-state index in [0.717, 1.165) is 19.4 Å². The van der Waals surface area contributed by atoms with Crippen molar-refractivity contribution in [2.24, 2.45) is 23.0 Å². The molecule has 1 amide bonds. The summed E-state index contributed by atoms with van der Waals surface area (Å²) in [4.78, 5) is 25.5. The predicted octanol–water partition coefficient (Wildman–Crippen LogP) is 0.700. The van der Waals surface area contributed by atoms with Crippen LogP contribution >= 0.6 is 0 Å². The van der Waals surface area contributed by atoms with Gasteiger partial charge in [0.25, 0.3) is 0 Å². The van der Waals surface area contributed by atoms with Crippen molar-refractivity contribution in [3.63, 3.8) is 0 Å². The SMILES string of the molecule is CC(CC(=O)O)C1CCCN(C(=O)C2(C)COCC2N)C1. The standard InChI is InChI=1S/C15H26N2O4/c1-10(6-13(18)19)11-4-3-5-17(7-11)14(20)15(2)9-21-8-12(15)16/h10-12H,3-9,16H2,1-2H3,(H,18,19). The van der Waals surface area contributed by atoms with Crippen LogP contribution in [-0.2, 0) is 14.3 Å². The molecule has 2 fully saturated rings. The predicted molar refractivity (Wildman–Crippen MR) is 77.6 cm³/mol. The van der Waals surface area contributed by atoms with E-state index in [-0.39, 0.29) is 30.2 Å². The maximum atomic E-state index is 12.8. The first-order chi connectivity index (χ1) is 9.84. The van der Waals surface area contributed by atoms with Crippen LogP contribution in [-0.4, -0.2) is 54.2 Å². The molecule has 2 saturated heterocycles. The van der Waals surface area contributed by atoms with Crippen molar-refractivity contribution in [1.29, 1.82) is 0 Å². The minimum Gasteiger partial charge on any atom is -0.481 e. The van der Waals surface area contributed by atoms with Gasteiger partial charge in [0.05, 0.1) is 18.6 Å². The minimum atomic E-state index is -0.774. The molecule has 4 atom stereocenters. The number of hydrogen-bond acceptors (Lipinski definition) is 4. The number of nitrogens with two attached hydrogens (primary N) is 1. The van der Waals surface area contributed by atoms with E-state index in [1.54, 1.807) is 0 Å². The molecular formula is C15H26N2O4. The lowest BCUT2D eigenvalue weighted by Gasteiger charge is -2.40. The highest BCUT2D eigenvalue weighted by Gasteiger charge is 2.47. The molecule has 2 heterocycles. The van der Waals surface area contributed by atoms with Crippen molar-refractivity contribution in [3.05, 3.63) is 0 Å². The molecule has 3 N–H and O–H groups in total. The molecular weight excluding hydrogens is 272 g/mol. The molecule has 120 valence electrons. The number of nitrogens with zero attached hydrogens (tertiary/aromatic N) is 1. The Labute approximate surface area is 125 Å². The van der Waals surface area contributed by atoms with Gasteiger partial charge in [-0.1, -0.05) is 6.92 Å². The fourth-order valence-electron chi connectivity index (χ4n) is 3.37. The zero-order valence-corrected chi connectivity index (χ0v) is 12.9. The Bertz CT molecular complexity index is 414. The fraction of sp³-hybridized carbons (Fsp3) is 0.867. The highest BCUT2D eigenvalue weighted by atomic mass is 16.5. The number of piperidine rings is 1. The lowest BCUT2D eigenvalue weighted by atomic mass is 9.81. The van der Waals surface area contributed by atoms with E-state index in [1.807, 2.05) is 18.7 Å². The highest BCUT2D eigenvalue weighted by Crippen LogP contribution is 2.33. The molecule has 2 aliphatic heterocycles. The van der Waals surface area contributed by atoms with Gasteiger partial charge in [0.15, 0.2) is 0 Å². The summed E-state index contributed by atoms with van der Waals surface area (Å²) >= 11 is 0. The number of carbonyl (C=O) groups excluding carboxylic acids is 1. The van der Waals surface area contributed by atoms with Crippen LogP contribution < -0.4 is 5.73 Å². The van der Waals surface area contributed by atoms with Gasteiger partial charge in [-0.3, -0.25) is 9.59 Å². The molecule has 2 rings (SSSR count). The maximum absolute atomic E-state index is 12.8. The minimum absolute atomic E-state index is 0.0553. The summed E-state index contributed by atoms with van der Waals surface area (Å²) in [6.07, 6.45) is 2.07. The third-order valence-electron chi connectivity index (χ3n) is 5.05. The molecule has 2 aliphatic rings. The van der Waals surface area contributed by atoms with Gasteiger partial charge in [0.1, 0.15) is 0 Å². The van der Waals surface area contributed by atoms with E-state index in [9.17, 15) is 9.59 Å². The van der Waals surface area contributed by atoms with Gasteiger partial charge < -0.3 is 20.5 Å². The third-order valence-corrected chi connectivity index (χ3v) is 5.05. The summed E-state index contributed by atoms with van der Waals surface area (Å²) < 4.78 is 5.36. The summed E-state index contributed by atoms with van der Waals surface area (Å²) in [5.74, 6) is -0.385. The maximum Gasteiger partial charge on any atom is 0.303 e. The molecule has 0 aliphatic carbocycles. The molecule has 4 unspecified atom stereocenters. The van der Waals surface area contributed by atoms with Crippen molar-refractivity contribution in [1.82, 2.24) is 4.90 Å². The first-order valence-corrected chi connectivity index (χ1v) is 7.69. The van der Waals surface area contributed by atoms with E-state index in [1.165, 1.54) is 0 Å². The zero-order valence-electron chi connectivity index (χ0n) is 12.9. The van der Waals surface area contributed by atoms with Gasteiger partial charge in [-0.25, -0.2) is 0 Å². The molecule has 0 aromatic carbocycles. The molecule has 0 aromatic rings. The van der Waals surface area contributed by atoms with Crippen LogP contribution in [0.15, 0.2) is 0 Å². The number of ether oxygens (including phenoxy) is 1. The number of carbonyl (C=O) groups is 2. The average molecular weight is 298 g/mol. The molecule has 0 bridgehead atoms.